The molecule has 1 N–H and O–H groups in total. The third kappa shape index (κ3) is 4.67. The Morgan fingerprint density at radius 2 is 2.00 bits per heavy atom. The van der Waals surface area contributed by atoms with Gasteiger partial charge in [0.25, 0.3) is 0 Å². The van der Waals surface area contributed by atoms with Gasteiger partial charge in [0.05, 0.1) is 34.9 Å². The summed E-state index contributed by atoms with van der Waals surface area (Å²) < 4.78 is 45.9. The molecular formula is C26H27F3N4O2. The Morgan fingerprint density at radius 1 is 1.17 bits per heavy atom. The van der Waals surface area contributed by atoms with Crippen LogP contribution in [-0.4, -0.2) is 50.8 Å². The van der Waals surface area contributed by atoms with Crippen molar-refractivity contribution in [3.8, 4) is 6.07 Å². The highest BCUT2D eigenvalue weighted by Crippen LogP contribution is 2.40. The van der Waals surface area contributed by atoms with E-state index in [1.807, 2.05) is 18.2 Å². The van der Waals surface area contributed by atoms with Gasteiger partial charge in [-0.3, -0.25) is 4.79 Å². The first-order valence-corrected chi connectivity index (χ1v) is 12.0. The Bertz CT molecular complexity index is 1140. The van der Waals surface area contributed by atoms with Crippen LogP contribution in [0.25, 0.3) is 0 Å². The van der Waals surface area contributed by atoms with Crippen molar-refractivity contribution in [1.82, 2.24) is 5.32 Å². The van der Waals surface area contributed by atoms with Crippen LogP contribution in [0.15, 0.2) is 42.5 Å². The number of halogens is 3. The molecule has 5 rings (SSSR count). The SMILES string of the molecule is N#Cc1ccccc1N1CCN2c3ccc(C(F)(F)F)cc3C[C@H](C(=O)NC[C@@H]3CCCO3)[C@@H]2C1. The van der Waals surface area contributed by atoms with Gasteiger partial charge in [-0.05, 0) is 55.2 Å². The van der Waals surface area contributed by atoms with Gasteiger partial charge in [-0.15, -0.1) is 0 Å². The second kappa shape index (κ2) is 9.42. The van der Waals surface area contributed by atoms with Crippen LogP contribution in [-0.2, 0) is 22.1 Å². The molecule has 184 valence electrons. The van der Waals surface area contributed by atoms with Gasteiger partial charge in [-0.25, -0.2) is 0 Å². The number of carbonyl (C=O) groups is 1. The van der Waals surface area contributed by atoms with Crippen molar-refractivity contribution < 1.29 is 22.7 Å². The van der Waals surface area contributed by atoms with Crippen LogP contribution < -0.4 is 15.1 Å². The maximum Gasteiger partial charge on any atom is 0.416 e. The largest absolute Gasteiger partial charge is 0.416 e. The fraction of sp³-hybridized carbons (Fsp3) is 0.462. The number of hydrogen-bond donors (Lipinski definition) is 1. The Labute approximate surface area is 202 Å². The lowest BCUT2D eigenvalue weighted by Crippen LogP contribution is -2.61. The lowest BCUT2D eigenvalue weighted by atomic mass is 9.82. The molecule has 0 aromatic heterocycles. The van der Waals surface area contributed by atoms with Crippen LogP contribution in [0.5, 0.6) is 0 Å². The molecule has 2 fully saturated rings. The van der Waals surface area contributed by atoms with Gasteiger partial charge in [-0.2, -0.15) is 18.4 Å². The maximum atomic E-state index is 13.4. The van der Waals surface area contributed by atoms with E-state index in [1.54, 1.807) is 6.07 Å². The number of benzene rings is 2. The number of carbonyl (C=O) groups excluding carboxylic acids is 1. The summed E-state index contributed by atoms with van der Waals surface area (Å²) in [6.45, 7) is 2.72. The number of para-hydroxylation sites is 1. The summed E-state index contributed by atoms with van der Waals surface area (Å²) in [7, 11) is 0. The second-order valence-corrected chi connectivity index (χ2v) is 9.37. The molecule has 3 aliphatic rings. The smallest absolute Gasteiger partial charge is 0.376 e. The molecule has 0 bridgehead atoms. The van der Waals surface area contributed by atoms with Crippen molar-refractivity contribution in [1.29, 1.82) is 5.26 Å². The van der Waals surface area contributed by atoms with E-state index in [9.17, 15) is 23.2 Å². The number of rotatable bonds is 4. The van der Waals surface area contributed by atoms with E-state index in [4.69, 9.17) is 4.74 Å². The number of anilines is 2. The monoisotopic (exact) mass is 484 g/mol. The van der Waals surface area contributed by atoms with Gasteiger partial charge in [0.2, 0.25) is 5.91 Å². The summed E-state index contributed by atoms with van der Waals surface area (Å²) in [6.07, 6.45) is -2.39. The molecule has 0 radical (unpaired) electrons. The number of nitrogens with zero attached hydrogens (tertiary/aromatic N) is 3. The number of ether oxygens (including phenoxy) is 1. The molecule has 0 spiro atoms. The van der Waals surface area contributed by atoms with Gasteiger partial charge >= 0.3 is 6.18 Å². The number of nitrogens with one attached hydrogen (secondary N) is 1. The standard InChI is InChI=1S/C26H27F3N4O2/c27-26(28,29)19-7-8-23-18(12-19)13-21(25(34)31-15-20-5-3-11-35-20)24-16-32(9-10-33(23)24)22-6-2-1-4-17(22)14-30/h1-2,4,6-8,12,20-21,24H,3,5,9-11,13,15-16H2,(H,31,34)/t20-,21-,24-/m0/s1. The number of piperazine rings is 1. The van der Waals surface area contributed by atoms with Crippen LogP contribution in [0.3, 0.4) is 0 Å². The Morgan fingerprint density at radius 3 is 2.74 bits per heavy atom. The normalized spacial score (nSPS) is 23.9. The van der Waals surface area contributed by atoms with Crippen molar-refractivity contribution in [2.75, 3.05) is 42.6 Å². The zero-order chi connectivity index (χ0) is 24.6. The van der Waals surface area contributed by atoms with Gasteiger partial charge in [0.1, 0.15) is 6.07 Å². The van der Waals surface area contributed by atoms with Gasteiger partial charge in [-0.1, -0.05) is 12.1 Å². The lowest BCUT2D eigenvalue weighted by Gasteiger charge is -2.50. The van der Waals surface area contributed by atoms with Crippen molar-refractivity contribution in [3.05, 3.63) is 59.2 Å². The number of fused-ring (bicyclic) bond motifs is 3. The molecule has 3 heterocycles. The first-order chi connectivity index (χ1) is 16.8. The van der Waals surface area contributed by atoms with Crippen LogP contribution in [0, 0.1) is 17.2 Å². The van der Waals surface area contributed by atoms with E-state index in [2.05, 4.69) is 21.2 Å². The van der Waals surface area contributed by atoms with E-state index in [-0.39, 0.29) is 24.5 Å². The number of amides is 1. The summed E-state index contributed by atoms with van der Waals surface area (Å²) in [5.41, 5.74) is 1.96. The molecule has 1 amide bonds. The first-order valence-electron chi connectivity index (χ1n) is 12.0. The third-order valence-corrected chi connectivity index (χ3v) is 7.27. The highest BCUT2D eigenvalue weighted by atomic mass is 19.4. The molecule has 2 saturated heterocycles. The molecule has 0 aliphatic carbocycles. The zero-order valence-electron chi connectivity index (χ0n) is 19.2. The van der Waals surface area contributed by atoms with Crippen LogP contribution in [0.1, 0.15) is 29.5 Å². The highest BCUT2D eigenvalue weighted by Gasteiger charge is 2.43. The second-order valence-electron chi connectivity index (χ2n) is 9.37. The van der Waals surface area contributed by atoms with Crippen molar-refractivity contribution in [3.63, 3.8) is 0 Å². The minimum absolute atomic E-state index is 0.0203. The minimum Gasteiger partial charge on any atom is -0.376 e. The number of nitriles is 1. The Hall–Kier alpha value is -3.25. The van der Waals surface area contributed by atoms with Crippen molar-refractivity contribution >= 4 is 17.3 Å². The highest BCUT2D eigenvalue weighted by molar-refractivity contribution is 5.82. The number of hydrogen-bond acceptors (Lipinski definition) is 5. The molecule has 35 heavy (non-hydrogen) atoms. The van der Waals surface area contributed by atoms with Crippen LogP contribution >= 0.6 is 0 Å². The van der Waals surface area contributed by atoms with Gasteiger partial charge in [0, 0.05) is 38.5 Å². The summed E-state index contributed by atoms with van der Waals surface area (Å²) in [5.74, 6) is -0.696. The van der Waals surface area contributed by atoms with Gasteiger partial charge < -0.3 is 19.9 Å². The summed E-state index contributed by atoms with van der Waals surface area (Å²) in [5, 5.41) is 12.6. The van der Waals surface area contributed by atoms with Gasteiger partial charge in [0.15, 0.2) is 0 Å². The minimum atomic E-state index is -4.44. The Kier molecular flexibility index (Phi) is 6.32. The molecule has 3 aliphatic heterocycles. The quantitative estimate of drug-likeness (QED) is 0.716. The fourth-order valence-electron chi connectivity index (χ4n) is 5.51. The van der Waals surface area contributed by atoms with E-state index in [0.29, 0.717) is 43.9 Å². The molecule has 6 nitrogen and oxygen atoms in total. The average Bonchev–Trinajstić information content (AvgIpc) is 3.39. The molecule has 2 aromatic carbocycles. The molecule has 0 unspecified atom stereocenters. The van der Waals surface area contributed by atoms with Crippen molar-refractivity contribution in [2.24, 2.45) is 5.92 Å². The summed E-state index contributed by atoms with van der Waals surface area (Å²) in [6, 6.07) is 13.2. The first kappa shape index (κ1) is 23.5. The van der Waals surface area contributed by atoms with Crippen LogP contribution in [0.2, 0.25) is 0 Å². The average molecular weight is 485 g/mol. The molecule has 3 atom stereocenters. The van der Waals surface area contributed by atoms with E-state index in [1.165, 1.54) is 12.1 Å². The predicted molar refractivity (Wildman–Crippen MR) is 125 cm³/mol. The van der Waals surface area contributed by atoms with Crippen molar-refractivity contribution in [2.45, 2.75) is 37.6 Å². The molecule has 9 heteroatoms. The van der Waals surface area contributed by atoms with Crippen LogP contribution in [0.4, 0.5) is 24.5 Å². The topological polar surface area (TPSA) is 68.6 Å². The maximum absolute atomic E-state index is 13.4. The lowest BCUT2D eigenvalue weighted by molar-refractivity contribution is -0.137. The Balaban J connectivity index is 1.45. The fourth-order valence-corrected chi connectivity index (χ4v) is 5.51. The van der Waals surface area contributed by atoms with E-state index in [0.717, 1.165) is 30.3 Å². The molecule has 2 aromatic rings. The molecular weight excluding hydrogens is 457 g/mol. The third-order valence-electron chi connectivity index (χ3n) is 7.27. The van der Waals surface area contributed by atoms with E-state index < -0.39 is 17.7 Å². The van der Waals surface area contributed by atoms with E-state index >= 15 is 0 Å². The zero-order valence-corrected chi connectivity index (χ0v) is 19.2. The number of alkyl halides is 3. The molecule has 0 saturated carbocycles. The summed E-state index contributed by atoms with van der Waals surface area (Å²) >= 11 is 0. The predicted octanol–water partition coefficient (Wildman–Crippen LogP) is 3.74. The summed E-state index contributed by atoms with van der Waals surface area (Å²) in [4.78, 5) is 17.6.